The van der Waals surface area contributed by atoms with Gasteiger partial charge in [-0.1, -0.05) is 5.16 Å². The van der Waals surface area contributed by atoms with Gasteiger partial charge in [0, 0.05) is 25.5 Å². The monoisotopic (exact) mass is 303 g/mol. The highest BCUT2D eigenvalue weighted by Crippen LogP contribution is 2.16. The molecule has 1 saturated heterocycles. The molecule has 1 amide bonds. The predicted molar refractivity (Wildman–Crippen MR) is 74.8 cm³/mol. The number of piperidine rings is 1. The molecule has 1 fully saturated rings. The van der Waals surface area contributed by atoms with Crippen molar-refractivity contribution in [2.45, 2.75) is 32.5 Å². The van der Waals surface area contributed by atoms with Crippen LogP contribution in [0.2, 0.25) is 0 Å². The Morgan fingerprint density at radius 1 is 1.50 bits per heavy atom. The lowest BCUT2D eigenvalue weighted by Gasteiger charge is -2.32. The summed E-state index contributed by atoms with van der Waals surface area (Å²) < 4.78 is 10.8. The average Bonchev–Trinajstić information content (AvgIpc) is 2.99. The van der Waals surface area contributed by atoms with E-state index in [0.29, 0.717) is 30.5 Å². The molecule has 0 spiro atoms. The summed E-state index contributed by atoms with van der Waals surface area (Å²) in [6.07, 6.45) is 6.29. The van der Waals surface area contributed by atoms with Gasteiger partial charge in [0.1, 0.15) is 12.3 Å². The number of carbonyl (C=O) groups excluding carboxylic acids is 1. The molecule has 0 N–H and O–H groups in total. The van der Waals surface area contributed by atoms with E-state index in [9.17, 15) is 4.79 Å². The number of hydrogen-bond donors (Lipinski definition) is 0. The minimum Gasteiger partial charge on any atom is -0.367 e. The first kappa shape index (κ1) is 14.6. The molecule has 8 heteroatoms. The number of carbonyl (C=O) groups is 1. The minimum absolute atomic E-state index is 0.0402. The van der Waals surface area contributed by atoms with Crippen molar-refractivity contribution in [3.8, 4) is 0 Å². The summed E-state index contributed by atoms with van der Waals surface area (Å²) in [7, 11) is 0. The van der Waals surface area contributed by atoms with Crippen molar-refractivity contribution >= 4 is 5.91 Å². The second kappa shape index (κ2) is 6.61. The predicted octanol–water partition coefficient (Wildman–Crippen LogP) is 0.989. The van der Waals surface area contributed by atoms with E-state index in [2.05, 4.69) is 20.1 Å². The summed E-state index contributed by atoms with van der Waals surface area (Å²) in [6, 6.07) is 0. The van der Waals surface area contributed by atoms with Crippen molar-refractivity contribution < 1.29 is 14.1 Å². The van der Waals surface area contributed by atoms with Crippen LogP contribution in [0.5, 0.6) is 0 Å². The van der Waals surface area contributed by atoms with E-state index in [-0.39, 0.29) is 18.6 Å². The topological polar surface area (TPSA) is 94.2 Å². The Bertz CT molecular complexity index is 630. The van der Waals surface area contributed by atoms with E-state index in [1.54, 1.807) is 18.0 Å². The van der Waals surface area contributed by atoms with Crippen LogP contribution in [0.4, 0.5) is 0 Å². The molecule has 0 radical (unpaired) electrons. The molecule has 1 aliphatic rings. The zero-order valence-corrected chi connectivity index (χ0v) is 12.3. The van der Waals surface area contributed by atoms with Crippen LogP contribution in [-0.4, -0.2) is 50.1 Å². The molecule has 8 nitrogen and oxygen atoms in total. The summed E-state index contributed by atoms with van der Waals surface area (Å²) in [5, 5.41) is 3.72. The van der Waals surface area contributed by atoms with E-state index >= 15 is 0 Å². The van der Waals surface area contributed by atoms with Crippen molar-refractivity contribution in [2.75, 3.05) is 13.1 Å². The Labute approximate surface area is 127 Å². The van der Waals surface area contributed by atoms with Crippen molar-refractivity contribution in [2.24, 2.45) is 0 Å². The number of aryl methyl sites for hydroxylation is 1. The minimum atomic E-state index is -0.116. The normalized spacial score (nSPS) is 18.4. The number of hydrogen-bond acceptors (Lipinski definition) is 7. The number of aromatic nitrogens is 4. The molecule has 1 atom stereocenters. The smallest absolute Gasteiger partial charge is 0.274 e. The number of amides is 1. The highest BCUT2D eigenvalue weighted by Gasteiger charge is 2.26. The lowest BCUT2D eigenvalue weighted by atomic mass is 10.1. The van der Waals surface area contributed by atoms with Gasteiger partial charge < -0.3 is 14.2 Å². The summed E-state index contributed by atoms with van der Waals surface area (Å²) >= 11 is 0. The fourth-order valence-corrected chi connectivity index (χ4v) is 2.42. The highest BCUT2D eigenvalue weighted by atomic mass is 16.5. The zero-order chi connectivity index (χ0) is 15.4. The molecule has 22 heavy (non-hydrogen) atoms. The average molecular weight is 303 g/mol. The molecule has 2 aromatic rings. The van der Waals surface area contributed by atoms with Gasteiger partial charge in [0.15, 0.2) is 5.82 Å². The van der Waals surface area contributed by atoms with Gasteiger partial charge in [0.2, 0.25) is 0 Å². The van der Waals surface area contributed by atoms with E-state index < -0.39 is 0 Å². The van der Waals surface area contributed by atoms with Gasteiger partial charge >= 0.3 is 0 Å². The van der Waals surface area contributed by atoms with E-state index in [1.165, 1.54) is 12.4 Å². The standard InChI is InChI=1S/C14H17N5O3/c1-10-17-13(22-18-10)9-21-11-3-2-6-19(8-11)14(20)12-7-15-4-5-16-12/h4-5,7,11H,2-3,6,8-9H2,1H3/t11-/m1/s1. The van der Waals surface area contributed by atoms with E-state index in [0.717, 1.165) is 12.8 Å². The Balaban J connectivity index is 1.56. The van der Waals surface area contributed by atoms with Crippen molar-refractivity contribution in [1.82, 2.24) is 25.0 Å². The Morgan fingerprint density at radius 2 is 2.41 bits per heavy atom. The maximum atomic E-state index is 12.3. The Morgan fingerprint density at radius 3 is 3.14 bits per heavy atom. The first-order chi connectivity index (χ1) is 10.7. The van der Waals surface area contributed by atoms with Gasteiger partial charge in [0.05, 0.1) is 12.3 Å². The summed E-state index contributed by atoms with van der Waals surface area (Å²) in [5.74, 6) is 0.923. The number of likely N-dealkylation sites (tertiary alicyclic amines) is 1. The van der Waals surface area contributed by atoms with Gasteiger partial charge in [-0.2, -0.15) is 4.98 Å². The molecule has 2 aromatic heterocycles. The fraction of sp³-hybridized carbons (Fsp3) is 0.500. The number of rotatable bonds is 4. The largest absolute Gasteiger partial charge is 0.367 e. The number of ether oxygens (including phenoxy) is 1. The highest BCUT2D eigenvalue weighted by molar-refractivity contribution is 5.92. The maximum absolute atomic E-state index is 12.3. The molecule has 3 rings (SSSR count). The van der Waals surface area contributed by atoms with Gasteiger partial charge in [-0.15, -0.1) is 0 Å². The first-order valence-corrected chi connectivity index (χ1v) is 7.18. The van der Waals surface area contributed by atoms with Crippen LogP contribution in [0.25, 0.3) is 0 Å². The molecule has 116 valence electrons. The van der Waals surface area contributed by atoms with Gasteiger partial charge in [0.25, 0.3) is 11.8 Å². The van der Waals surface area contributed by atoms with Gasteiger partial charge in [-0.05, 0) is 19.8 Å². The molecule has 0 saturated carbocycles. The summed E-state index contributed by atoms with van der Waals surface area (Å²) in [6.45, 7) is 3.26. The maximum Gasteiger partial charge on any atom is 0.274 e. The lowest BCUT2D eigenvalue weighted by molar-refractivity contribution is -0.0155. The first-order valence-electron chi connectivity index (χ1n) is 7.18. The van der Waals surface area contributed by atoms with Crippen LogP contribution >= 0.6 is 0 Å². The van der Waals surface area contributed by atoms with Crippen LogP contribution in [0.15, 0.2) is 23.1 Å². The molecular formula is C14H17N5O3. The van der Waals surface area contributed by atoms with Crippen molar-refractivity contribution in [3.63, 3.8) is 0 Å². The molecule has 0 aromatic carbocycles. The molecule has 0 bridgehead atoms. The zero-order valence-electron chi connectivity index (χ0n) is 12.3. The van der Waals surface area contributed by atoms with Gasteiger partial charge in [-0.25, -0.2) is 4.98 Å². The summed E-state index contributed by atoms with van der Waals surface area (Å²) in [5.41, 5.74) is 0.357. The molecule has 1 aliphatic heterocycles. The quantitative estimate of drug-likeness (QED) is 0.831. The summed E-state index contributed by atoms with van der Waals surface area (Å²) in [4.78, 5) is 26.2. The Hall–Kier alpha value is -2.35. The molecular weight excluding hydrogens is 286 g/mol. The van der Waals surface area contributed by atoms with Crippen LogP contribution in [0.3, 0.4) is 0 Å². The number of nitrogens with zero attached hydrogens (tertiary/aromatic N) is 5. The Kier molecular flexibility index (Phi) is 4.38. The SMILES string of the molecule is Cc1noc(CO[C@@H]2CCCN(C(=O)c3cnccn3)C2)n1. The van der Waals surface area contributed by atoms with Crippen LogP contribution < -0.4 is 0 Å². The molecule has 3 heterocycles. The molecule has 0 aliphatic carbocycles. The van der Waals surface area contributed by atoms with Crippen LogP contribution in [0.1, 0.15) is 35.0 Å². The third-order valence-corrected chi connectivity index (χ3v) is 3.46. The van der Waals surface area contributed by atoms with Crippen LogP contribution in [-0.2, 0) is 11.3 Å². The van der Waals surface area contributed by atoms with Crippen molar-refractivity contribution in [3.05, 3.63) is 36.0 Å². The second-order valence-electron chi connectivity index (χ2n) is 5.15. The lowest BCUT2D eigenvalue weighted by Crippen LogP contribution is -2.43. The van der Waals surface area contributed by atoms with Gasteiger partial charge in [-0.3, -0.25) is 9.78 Å². The van der Waals surface area contributed by atoms with Crippen molar-refractivity contribution in [1.29, 1.82) is 0 Å². The van der Waals surface area contributed by atoms with Crippen LogP contribution in [0, 0.1) is 6.92 Å². The third-order valence-electron chi connectivity index (χ3n) is 3.46. The van der Waals surface area contributed by atoms with E-state index in [1.807, 2.05) is 0 Å². The van der Waals surface area contributed by atoms with E-state index in [4.69, 9.17) is 9.26 Å². The second-order valence-corrected chi connectivity index (χ2v) is 5.15. The molecule has 0 unspecified atom stereocenters. The third kappa shape index (κ3) is 3.45. The fourth-order valence-electron chi connectivity index (χ4n) is 2.42.